The lowest BCUT2D eigenvalue weighted by Crippen LogP contribution is -2.42. The summed E-state index contributed by atoms with van der Waals surface area (Å²) in [5.41, 5.74) is 10.4. The number of nitrogens with two attached hydrogens (primary N) is 1. The van der Waals surface area contributed by atoms with Gasteiger partial charge in [0.1, 0.15) is 23.0 Å². The molecule has 3 aromatic carbocycles. The second-order valence-electron chi connectivity index (χ2n) is 11.5. The molecule has 1 aliphatic rings. The number of primary amides is 1. The number of carbonyl (C=O) groups is 2. The number of furan rings is 1. The predicted molar refractivity (Wildman–Crippen MR) is 165 cm³/mol. The van der Waals surface area contributed by atoms with E-state index >= 15 is 0 Å². The number of benzene rings is 3. The molecule has 42 heavy (non-hydrogen) atoms. The topological polar surface area (TPSA) is 107 Å². The fourth-order valence-corrected chi connectivity index (χ4v) is 5.34. The van der Waals surface area contributed by atoms with E-state index in [1.54, 1.807) is 20.0 Å². The zero-order chi connectivity index (χ0) is 29.9. The lowest BCUT2D eigenvalue weighted by molar-refractivity contribution is -0.151. The van der Waals surface area contributed by atoms with Gasteiger partial charge in [0, 0.05) is 23.7 Å². The minimum atomic E-state index is -1.19. The van der Waals surface area contributed by atoms with Crippen LogP contribution in [0.15, 0.2) is 94.5 Å². The standard InChI is InChI=1S/C35H37N3O4/c1-22-10-12-28(23(2)18-22)32(25-8-6-5-7-9-25)38-31(39)20-24-11-13-29-27(19-24)21-30(41-29)33(26-14-16-37-17-15-26)42-35(3,4)34(36)40/h5-14,16-19,21,26,32-33H,15,20H2,1-4H3,(H2,36,40)(H,38,39). The second kappa shape index (κ2) is 12.2. The number of hydrogen-bond donors (Lipinski definition) is 2. The molecule has 0 saturated carbocycles. The van der Waals surface area contributed by atoms with Crippen molar-refractivity contribution in [3.8, 4) is 0 Å². The summed E-state index contributed by atoms with van der Waals surface area (Å²) in [6.07, 6.45) is 5.80. The smallest absolute Gasteiger partial charge is 0.249 e. The third kappa shape index (κ3) is 6.52. The molecule has 0 bridgehead atoms. The highest BCUT2D eigenvalue weighted by atomic mass is 16.5. The van der Waals surface area contributed by atoms with Crippen LogP contribution in [0, 0.1) is 19.8 Å². The van der Waals surface area contributed by atoms with Gasteiger partial charge in [0.25, 0.3) is 0 Å². The van der Waals surface area contributed by atoms with Crippen LogP contribution in [0.25, 0.3) is 11.0 Å². The summed E-state index contributed by atoms with van der Waals surface area (Å²) in [5, 5.41) is 4.11. The lowest BCUT2D eigenvalue weighted by Gasteiger charge is -2.31. The van der Waals surface area contributed by atoms with Crippen molar-refractivity contribution < 1.29 is 18.7 Å². The van der Waals surface area contributed by atoms with Crippen molar-refractivity contribution in [3.05, 3.63) is 119 Å². The Labute approximate surface area is 246 Å². The van der Waals surface area contributed by atoms with Gasteiger partial charge in [0.2, 0.25) is 11.8 Å². The predicted octanol–water partition coefficient (Wildman–Crippen LogP) is 6.42. The molecule has 0 spiro atoms. The van der Waals surface area contributed by atoms with Crippen molar-refractivity contribution in [3.63, 3.8) is 0 Å². The summed E-state index contributed by atoms with van der Waals surface area (Å²) in [7, 11) is 0. The van der Waals surface area contributed by atoms with Gasteiger partial charge in [0.15, 0.2) is 0 Å². The molecule has 3 atom stereocenters. The van der Waals surface area contributed by atoms with Gasteiger partial charge in [-0.2, -0.15) is 0 Å². The molecule has 4 aromatic rings. The number of nitrogens with one attached hydrogen (secondary N) is 1. The minimum absolute atomic E-state index is 0.0768. The molecule has 0 fully saturated rings. The van der Waals surface area contributed by atoms with Crippen LogP contribution in [0.4, 0.5) is 0 Å². The van der Waals surface area contributed by atoms with E-state index < -0.39 is 17.6 Å². The van der Waals surface area contributed by atoms with Crippen molar-refractivity contribution in [2.45, 2.75) is 58.3 Å². The molecule has 2 amide bonds. The first-order valence-electron chi connectivity index (χ1n) is 14.2. The maximum Gasteiger partial charge on any atom is 0.249 e. The van der Waals surface area contributed by atoms with Gasteiger partial charge in [-0.1, -0.05) is 66.2 Å². The average molecular weight is 564 g/mol. The molecule has 2 heterocycles. The zero-order valence-electron chi connectivity index (χ0n) is 24.5. The molecule has 3 unspecified atom stereocenters. The van der Waals surface area contributed by atoms with E-state index in [0.29, 0.717) is 17.8 Å². The molecular weight excluding hydrogens is 526 g/mol. The monoisotopic (exact) mass is 563 g/mol. The highest BCUT2D eigenvalue weighted by Gasteiger charge is 2.35. The average Bonchev–Trinajstić information content (AvgIpc) is 3.39. The Morgan fingerprint density at radius 2 is 1.86 bits per heavy atom. The number of hydrogen-bond acceptors (Lipinski definition) is 5. The quantitative estimate of drug-likeness (QED) is 0.232. The van der Waals surface area contributed by atoms with E-state index in [1.165, 1.54) is 5.56 Å². The molecule has 0 radical (unpaired) electrons. The Morgan fingerprint density at radius 3 is 2.55 bits per heavy atom. The van der Waals surface area contributed by atoms with Crippen LogP contribution in [-0.2, 0) is 20.7 Å². The molecule has 0 aliphatic carbocycles. The first kappa shape index (κ1) is 29.0. The van der Waals surface area contributed by atoms with Crippen LogP contribution < -0.4 is 11.1 Å². The largest absolute Gasteiger partial charge is 0.458 e. The third-order valence-electron chi connectivity index (χ3n) is 7.73. The second-order valence-corrected chi connectivity index (χ2v) is 11.5. The van der Waals surface area contributed by atoms with E-state index in [9.17, 15) is 9.59 Å². The summed E-state index contributed by atoms with van der Waals surface area (Å²) in [5.74, 6) is -0.125. The van der Waals surface area contributed by atoms with Crippen molar-refractivity contribution in [2.24, 2.45) is 16.6 Å². The molecule has 216 valence electrons. The number of fused-ring (bicyclic) bond motifs is 1. The van der Waals surface area contributed by atoms with Crippen LogP contribution in [0.2, 0.25) is 0 Å². The van der Waals surface area contributed by atoms with Gasteiger partial charge in [-0.05, 0) is 74.6 Å². The number of aliphatic imine (C=N–C) groups is 1. The fraction of sp³-hybridized carbons (Fsp3) is 0.286. The molecule has 0 saturated heterocycles. The van der Waals surface area contributed by atoms with E-state index in [4.69, 9.17) is 14.9 Å². The van der Waals surface area contributed by atoms with E-state index in [0.717, 1.165) is 27.6 Å². The van der Waals surface area contributed by atoms with Crippen molar-refractivity contribution in [1.82, 2.24) is 5.32 Å². The molecule has 1 aliphatic heterocycles. The number of amides is 2. The SMILES string of the molecule is Cc1ccc(C(NC(=O)Cc2ccc3oc(C(OC(C)(C)C(N)=O)C4C=CN=CC4)cc3c2)c2ccccc2)c(C)c1. The van der Waals surface area contributed by atoms with E-state index in [-0.39, 0.29) is 24.3 Å². The Balaban J connectivity index is 1.38. The number of rotatable bonds is 10. The molecule has 7 heteroatoms. The van der Waals surface area contributed by atoms with Crippen LogP contribution in [0.5, 0.6) is 0 Å². The summed E-state index contributed by atoms with van der Waals surface area (Å²) < 4.78 is 12.5. The maximum absolute atomic E-state index is 13.4. The van der Waals surface area contributed by atoms with Gasteiger partial charge < -0.3 is 20.2 Å². The number of aryl methyl sites for hydroxylation is 2. The molecule has 3 N–H and O–H groups in total. The van der Waals surface area contributed by atoms with Gasteiger partial charge in [-0.15, -0.1) is 0 Å². The van der Waals surface area contributed by atoms with Gasteiger partial charge in [0.05, 0.1) is 12.5 Å². The Hall–Kier alpha value is -4.49. The summed E-state index contributed by atoms with van der Waals surface area (Å²) >= 11 is 0. The van der Waals surface area contributed by atoms with Crippen molar-refractivity contribution in [1.29, 1.82) is 0 Å². The molecule has 5 rings (SSSR count). The van der Waals surface area contributed by atoms with Crippen molar-refractivity contribution >= 4 is 29.0 Å². The van der Waals surface area contributed by atoms with Crippen LogP contribution in [0.1, 0.15) is 66.0 Å². The first-order valence-corrected chi connectivity index (χ1v) is 14.2. The van der Waals surface area contributed by atoms with Gasteiger partial charge in [-0.3, -0.25) is 14.6 Å². The number of ether oxygens (including phenoxy) is 1. The Morgan fingerprint density at radius 1 is 1.07 bits per heavy atom. The summed E-state index contributed by atoms with van der Waals surface area (Å²) in [6.45, 7) is 7.45. The van der Waals surface area contributed by atoms with Crippen molar-refractivity contribution in [2.75, 3.05) is 0 Å². The fourth-order valence-electron chi connectivity index (χ4n) is 5.34. The van der Waals surface area contributed by atoms with E-state index in [1.807, 2.05) is 66.9 Å². The Kier molecular flexibility index (Phi) is 8.41. The highest BCUT2D eigenvalue weighted by molar-refractivity contribution is 5.84. The number of carbonyl (C=O) groups excluding carboxylic acids is 2. The molecule has 7 nitrogen and oxygen atoms in total. The lowest BCUT2D eigenvalue weighted by atomic mass is 9.93. The number of nitrogens with zero attached hydrogens (tertiary/aromatic N) is 1. The first-order chi connectivity index (χ1) is 20.1. The zero-order valence-corrected chi connectivity index (χ0v) is 24.5. The Bertz CT molecular complexity index is 1650. The summed E-state index contributed by atoms with van der Waals surface area (Å²) in [4.78, 5) is 29.6. The molecule has 1 aromatic heterocycles. The van der Waals surface area contributed by atoms with Gasteiger partial charge in [-0.25, -0.2) is 0 Å². The van der Waals surface area contributed by atoms with Crippen LogP contribution >= 0.6 is 0 Å². The maximum atomic E-state index is 13.4. The van der Waals surface area contributed by atoms with Crippen LogP contribution in [0.3, 0.4) is 0 Å². The highest BCUT2D eigenvalue weighted by Crippen LogP contribution is 2.37. The van der Waals surface area contributed by atoms with Gasteiger partial charge >= 0.3 is 0 Å². The third-order valence-corrected chi connectivity index (χ3v) is 7.73. The normalized spacial score (nSPS) is 16.3. The van der Waals surface area contributed by atoms with Crippen LogP contribution in [-0.4, -0.2) is 23.6 Å². The minimum Gasteiger partial charge on any atom is -0.458 e. The molecular formula is C35H37N3O4. The summed E-state index contributed by atoms with van der Waals surface area (Å²) in [6, 6.07) is 23.7. The van der Waals surface area contributed by atoms with E-state index in [2.05, 4.69) is 42.4 Å².